The van der Waals surface area contributed by atoms with Crippen LogP contribution in [-0.2, 0) is 10.2 Å². The van der Waals surface area contributed by atoms with E-state index in [1.807, 2.05) is 6.92 Å². The zero-order valence-electron chi connectivity index (χ0n) is 12.0. The average Bonchev–Trinajstić information content (AvgIpc) is 3.12. The van der Waals surface area contributed by atoms with E-state index in [0.717, 1.165) is 15.1 Å². The van der Waals surface area contributed by atoms with Gasteiger partial charge < -0.3 is 10.5 Å². The second-order valence-electron chi connectivity index (χ2n) is 6.09. The van der Waals surface area contributed by atoms with E-state index < -0.39 is 0 Å². The number of nitrogens with two attached hydrogens (primary N) is 1. The van der Waals surface area contributed by atoms with Gasteiger partial charge in [0.25, 0.3) is 0 Å². The van der Waals surface area contributed by atoms with Crippen LogP contribution in [0.15, 0.2) is 0 Å². The number of anilines is 1. The predicted octanol–water partition coefficient (Wildman–Crippen LogP) is 3.45. The van der Waals surface area contributed by atoms with E-state index in [2.05, 4.69) is 48.3 Å². The van der Waals surface area contributed by atoms with E-state index in [4.69, 9.17) is 15.5 Å². The first-order chi connectivity index (χ1) is 8.84. The summed E-state index contributed by atoms with van der Waals surface area (Å²) in [4.78, 5) is 9.22. The highest BCUT2D eigenvalue weighted by molar-refractivity contribution is 14.1. The molecule has 0 spiro atoms. The van der Waals surface area contributed by atoms with E-state index in [1.165, 1.54) is 12.8 Å². The summed E-state index contributed by atoms with van der Waals surface area (Å²) in [5.74, 6) is 1.89. The van der Waals surface area contributed by atoms with Gasteiger partial charge in [0.1, 0.15) is 11.9 Å². The number of rotatable bonds is 4. The average molecular weight is 375 g/mol. The number of ether oxygens (including phenoxy) is 1. The number of hydrogen-bond acceptors (Lipinski definition) is 4. The molecule has 1 heterocycles. The van der Waals surface area contributed by atoms with Crippen molar-refractivity contribution in [3.05, 3.63) is 15.1 Å². The van der Waals surface area contributed by atoms with Crippen LogP contribution in [0.3, 0.4) is 0 Å². The Balaban J connectivity index is 2.43. The van der Waals surface area contributed by atoms with Crippen molar-refractivity contribution < 1.29 is 4.74 Å². The highest BCUT2D eigenvalue weighted by atomic mass is 127. The normalized spacial score (nSPS) is 17.5. The molecule has 2 N–H and O–H groups in total. The predicted molar refractivity (Wildman–Crippen MR) is 85.0 cm³/mol. The number of aromatic nitrogens is 2. The summed E-state index contributed by atoms with van der Waals surface area (Å²) in [6.07, 6.45) is 2.40. The van der Waals surface area contributed by atoms with Crippen LogP contribution in [0.25, 0.3) is 0 Å². The molecule has 1 fully saturated rings. The lowest BCUT2D eigenvalue weighted by atomic mass is 9.91. The van der Waals surface area contributed by atoms with Crippen LogP contribution in [0.1, 0.15) is 58.2 Å². The summed E-state index contributed by atoms with van der Waals surface area (Å²) < 4.78 is 6.79. The maximum absolute atomic E-state index is 6.06. The first-order valence-electron chi connectivity index (χ1n) is 6.79. The van der Waals surface area contributed by atoms with Crippen LogP contribution in [0, 0.1) is 9.49 Å². The molecule has 0 aliphatic heterocycles. The van der Waals surface area contributed by atoms with Gasteiger partial charge in [0.2, 0.25) is 0 Å². The van der Waals surface area contributed by atoms with Crippen LogP contribution in [0.2, 0.25) is 0 Å². The molecule has 0 aromatic carbocycles. The standard InChI is InChI=1S/C14H22IN3O/c1-5-19-10(8-6-7-8)13-17-11(14(2,3)4)9(15)12(16)18-13/h8,10H,5-7H2,1-4H3,(H2,16,17,18). The molecule has 106 valence electrons. The molecule has 1 aliphatic rings. The van der Waals surface area contributed by atoms with Crippen molar-refractivity contribution in [2.24, 2.45) is 5.92 Å². The van der Waals surface area contributed by atoms with E-state index >= 15 is 0 Å². The largest absolute Gasteiger partial charge is 0.383 e. The Morgan fingerprint density at radius 1 is 1.37 bits per heavy atom. The van der Waals surface area contributed by atoms with Crippen molar-refractivity contribution in [1.29, 1.82) is 0 Å². The lowest BCUT2D eigenvalue weighted by Crippen LogP contribution is -2.21. The summed E-state index contributed by atoms with van der Waals surface area (Å²) in [6.45, 7) is 9.13. The minimum Gasteiger partial charge on any atom is -0.383 e. The first-order valence-corrected chi connectivity index (χ1v) is 7.87. The molecule has 5 heteroatoms. The summed E-state index contributed by atoms with van der Waals surface area (Å²) >= 11 is 2.23. The molecule has 1 aromatic heterocycles. The summed E-state index contributed by atoms with van der Waals surface area (Å²) in [7, 11) is 0. The Bertz CT molecular complexity index is 466. The Kier molecular flexibility index (Phi) is 4.35. The Labute approximate surface area is 128 Å². The summed E-state index contributed by atoms with van der Waals surface area (Å²) in [5, 5.41) is 0. The van der Waals surface area contributed by atoms with E-state index in [1.54, 1.807) is 0 Å². The van der Waals surface area contributed by atoms with Crippen LogP contribution >= 0.6 is 22.6 Å². The third kappa shape index (κ3) is 3.37. The fourth-order valence-electron chi connectivity index (χ4n) is 2.11. The molecule has 19 heavy (non-hydrogen) atoms. The summed E-state index contributed by atoms with van der Waals surface area (Å²) in [5.41, 5.74) is 7.03. The van der Waals surface area contributed by atoms with Gasteiger partial charge in [0.15, 0.2) is 5.82 Å². The lowest BCUT2D eigenvalue weighted by Gasteiger charge is -2.23. The second-order valence-corrected chi connectivity index (χ2v) is 7.17. The minimum atomic E-state index is -0.0390. The van der Waals surface area contributed by atoms with Crippen molar-refractivity contribution in [1.82, 2.24) is 9.97 Å². The zero-order chi connectivity index (χ0) is 14.2. The smallest absolute Gasteiger partial charge is 0.160 e. The number of halogens is 1. The van der Waals surface area contributed by atoms with Gasteiger partial charge in [-0.05, 0) is 48.3 Å². The Hall–Kier alpha value is -0.430. The molecule has 0 bridgehead atoms. The maximum Gasteiger partial charge on any atom is 0.160 e. The number of nitrogen functional groups attached to an aromatic ring is 1. The van der Waals surface area contributed by atoms with Gasteiger partial charge in [-0.25, -0.2) is 9.97 Å². The molecule has 1 atom stereocenters. The van der Waals surface area contributed by atoms with Gasteiger partial charge >= 0.3 is 0 Å². The number of nitrogens with zero attached hydrogens (tertiary/aromatic N) is 2. The third-order valence-corrected chi connectivity index (χ3v) is 4.32. The highest BCUT2D eigenvalue weighted by Gasteiger charge is 2.36. The van der Waals surface area contributed by atoms with Crippen LogP contribution in [0.4, 0.5) is 5.82 Å². The SMILES string of the molecule is CCOC(c1nc(N)c(I)c(C(C)(C)C)n1)C1CC1. The molecular weight excluding hydrogens is 353 g/mol. The van der Waals surface area contributed by atoms with E-state index in [9.17, 15) is 0 Å². The molecule has 0 saturated heterocycles. The van der Waals surface area contributed by atoms with Crippen molar-refractivity contribution >= 4 is 28.4 Å². The van der Waals surface area contributed by atoms with E-state index in [0.29, 0.717) is 18.3 Å². The van der Waals surface area contributed by atoms with Crippen LogP contribution < -0.4 is 5.73 Å². The zero-order valence-corrected chi connectivity index (χ0v) is 14.2. The van der Waals surface area contributed by atoms with Gasteiger partial charge in [0, 0.05) is 12.0 Å². The number of hydrogen-bond donors (Lipinski definition) is 1. The lowest BCUT2D eigenvalue weighted by molar-refractivity contribution is 0.0398. The van der Waals surface area contributed by atoms with Gasteiger partial charge in [0.05, 0.1) is 9.26 Å². The molecule has 0 radical (unpaired) electrons. The van der Waals surface area contributed by atoms with E-state index in [-0.39, 0.29) is 11.5 Å². The summed E-state index contributed by atoms with van der Waals surface area (Å²) in [6, 6.07) is 0. The molecular formula is C14H22IN3O. The van der Waals surface area contributed by atoms with Crippen LogP contribution in [-0.4, -0.2) is 16.6 Å². The van der Waals surface area contributed by atoms with Gasteiger partial charge in [-0.15, -0.1) is 0 Å². The molecule has 2 rings (SSSR count). The molecule has 0 amide bonds. The molecule has 1 aromatic rings. The van der Waals surface area contributed by atoms with Crippen LogP contribution in [0.5, 0.6) is 0 Å². The van der Waals surface area contributed by atoms with Crippen molar-refractivity contribution in [2.45, 2.75) is 52.1 Å². The molecule has 1 unspecified atom stereocenters. The Morgan fingerprint density at radius 3 is 2.47 bits per heavy atom. The molecule has 4 nitrogen and oxygen atoms in total. The fraction of sp³-hybridized carbons (Fsp3) is 0.714. The topological polar surface area (TPSA) is 61.0 Å². The van der Waals surface area contributed by atoms with Gasteiger partial charge in [-0.3, -0.25) is 0 Å². The van der Waals surface area contributed by atoms with Gasteiger partial charge in [-0.1, -0.05) is 20.8 Å². The molecule has 1 saturated carbocycles. The highest BCUT2D eigenvalue weighted by Crippen LogP contribution is 2.43. The minimum absolute atomic E-state index is 0.00500. The maximum atomic E-state index is 6.06. The van der Waals surface area contributed by atoms with Crippen molar-refractivity contribution in [3.8, 4) is 0 Å². The quantitative estimate of drug-likeness (QED) is 0.819. The monoisotopic (exact) mass is 375 g/mol. The first kappa shape index (κ1) is 15.0. The fourth-order valence-corrected chi connectivity index (χ4v) is 3.16. The second kappa shape index (κ2) is 5.52. The van der Waals surface area contributed by atoms with Gasteiger partial charge in [-0.2, -0.15) is 0 Å². The molecule has 1 aliphatic carbocycles. The Morgan fingerprint density at radius 2 is 2.00 bits per heavy atom. The van der Waals surface area contributed by atoms with Crippen molar-refractivity contribution in [3.63, 3.8) is 0 Å². The third-order valence-electron chi connectivity index (χ3n) is 3.26. The van der Waals surface area contributed by atoms with Crippen molar-refractivity contribution in [2.75, 3.05) is 12.3 Å².